The van der Waals surface area contributed by atoms with Crippen LogP contribution in [0.1, 0.15) is 30.6 Å². The van der Waals surface area contributed by atoms with Crippen LogP contribution in [0.25, 0.3) is 0 Å². The van der Waals surface area contributed by atoms with E-state index >= 15 is 0 Å². The van der Waals surface area contributed by atoms with Crippen LogP contribution >= 0.6 is 0 Å². The third kappa shape index (κ3) is 3.38. The Morgan fingerprint density at radius 1 is 1.12 bits per heavy atom. The molecule has 2 rings (SSSR count). The zero-order valence-electron chi connectivity index (χ0n) is 15.0. The average molecular weight is 350 g/mol. The molecule has 8 nitrogen and oxygen atoms in total. The minimum Gasteiger partial charge on any atom is -0.493 e. The lowest BCUT2D eigenvalue weighted by molar-refractivity contribution is -0.121. The normalized spacial score (nSPS) is 13.1. The summed E-state index contributed by atoms with van der Waals surface area (Å²) >= 11 is 0. The summed E-state index contributed by atoms with van der Waals surface area (Å²) in [5.74, 6) is -0.889. The Balaban J connectivity index is 2.41. The average Bonchev–Trinajstić information content (AvgIpc) is 2.81. The first-order chi connectivity index (χ1) is 11.8. The highest BCUT2D eigenvalue weighted by atomic mass is 16.5. The highest BCUT2D eigenvalue weighted by Gasteiger charge is 2.41. The zero-order valence-corrected chi connectivity index (χ0v) is 15.0. The van der Waals surface area contributed by atoms with Crippen LogP contribution in [0.2, 0.25) is 0 Å². The third-order valence-corrected chi connectivity index (χ3v) is 3.78. The summed E-state index contributed by atoms with van der Waals surface area (Å²) in [7, 11) is 4.25. The van der Waals surface area contributed by atoms with Crippen molar-refractivity contribution < 1.29 is 28.6 Å². The fourth-order valence-electron chi connectivity index (χ4n) is 2.74. The molecule has 0 atom stereocenters. The number of Topliss-reactive ketones (excluding diaryl/α,β-unsaturated/α-hetero) is 1. The van der Waals surface area contributed by atoms with Gasteiger partial charge in [-0.2, -0.15) is 0 Å². The lowest BCUT2D eigenvalue weighted by atomic mass is 10.1. The van der Waals surface area contributed by atoms with Crippen molar-refractivity contribution in [3.63, 3.8) is 0 Å². The highest BCUT2D eigenvalue weighted by Crippen LogP contribution is 2.47. The number of benzene rings is 1. The number of ketones is 1. The van der Waals surface area contributed by atoms with E-state index in [-0.39, 0.29) is 42.0 Å². The number of carbonyl (C=O) groups is 3. The minimum absolute atomic E-state index is 0.000136. The zero-order chi connectivity index (χ0) is 18.7. The van der Waals surface area contributed by atoms with E-state index in [0.717, 1.165) is 0 Å². The number of amides is 2. The van der Waals surface area contributed by atoms with Gasteiger partial charge < -0.3 is 24.4 Å². The Morgan fingerprint density at radius 2 is 1.76 bits per heavy atom. The van der Waals surface area contributed by atoms with Crippen molar-refractivity contribution in [2.45, 2.75) is 26.3 Å². The van der Waals surface area contributed by atoms with Crippen LogP contribution in [-0.4, -0.2) is 51.5 Å². The van der Waals surface area contributed by atoms with Crippen molar-refractivity contribution in [1.29, 1.82) is 0 Å². The van der Waals surface area contributed by atoms with Gasteiger partial charge in [0.15, 0.2) is 11.5 Å². The molecule has 0 saturated carbocycles. The molecule has 1 heterocycles. The molecule has 0 aromatic heterocycles. The summed E-state index contributed by atoms with van der Waals surface area (Å²) in [5, 5.41) is 2.75. The van der Waals surface area contributed by atoms with Gasteiger partial charge in [0.25, 0.3) is 11.7 Å². The SMILES string of the molecule is COc1cc2c(c(OC)c1OC)C(=O)C(=O)N2CCC(=O)NC(C)C. The summed E-state index contributed by atoms with van der Waals surface area (Å²) in [5.41, 5.74) is 0.469. The van der Waals surface area contributed by atoms with Crippen LogP contribution in [0.4, 0.5) is 5.69 Å². The van der Waals surface area contributed by atoms with Gasteiger partial charge in [-0.05, 0) is 13.8 Å². The maximum absolute atomic E-state index is 12.4. The minimum atomic E-state index is -0.707. The molecule has 25 heavy (non-hydrogen) atoms. The molecule has 0 radical (unpaired) electrons. The molecule has 0 fully saturated rings. The van der Waals surface area contributed by atoms with Crippen LogP contribution < -0.4 is 24.4 Å². The molecule has 1 N–H and O–H groups in total. The maximum Gasteiger partial charge on any atom is 0.299 e. The Labute approximate surface area is 146 Å². The summed E-state index contributed by atoms with van der Waals surface area (Å²) in [6.45, 7) is 3.77. The van der Waals surface area contributed by atoms with E-state index in [1.807, 2.05) is 13.8 Å². The summed E-state index contributed by atoms with van der Waals surface area (Å²) in [6.07, 6.45) is 0.0767. The number of ether oxygens (including phenoxy) is 3. The van der Waals surface area contributed by atoms with Gasteiger partial charge in [0.1, 0.15) is 0 Å². The van der Waals surface area contributed by atoms with Crippen molar-refractivity contribution in [3.05, 3.63) is 11.6 Å². The van der Waals surface area contributed by atoms with Gasteiger partial charge >= 0.3 is 0 Å². The fraction of sp³-hybridized carbons (Fsp3) is 0.471. The summed E-state index contributed by atoms with van der Waals surface area (Å²) in [4.78, 5) is 37.9. The molecule has 1 aromatic rings. The van der Waals surface area contributed by atoms with Crippen molar-refractivity contribution >= 4 is 23.3 Å². The molecule has 8 heteroatoms. The lowest BCUT2D eigenvalue weighted by Gasteiger charge is -2.19. The van der Waals surface area contributed by atoms with E-state index in [1.54, 1.807) is 6.07 Å². The van der Waals surface area contributed by atoms with Crippen molar-refractivity contribution in [3.8, 4) is 17.2 Å². The molecule has 0 unspecified atom stereocenters. The van der Waals surface area contributed by atoms with Gasteiger partial charge in [-0.3, -0.25) is 14.4 Å². The first kappa shape index (κ1) is 18.6. The van der Waals surface area contributed by atoms with Gasteiger partial charge in [0.2, 0.25) is 11.7 Å². The number of hydrogen-bond donors (Lipinski definition) is 1. The molecule has 0 aliphatic carbocycles. The molecule has 0 bridgehead atoms. The Kier molecular flexibility index (Phi) is 5.51. The van der Waals surface area contributed by atoms with Gasteiger partial charge in [-0.25, -0.2) is 0 Å². The third-order valence-electron chi connectivity index (χ3n) is 3.78. The van der Waals surface area contributed by atoms with Gasteiger partial charge in [-0.15, -0.1) is 0 Å². The van der Waals surface area contributed by atoms with Gasteiger partial charge in [-0.1, -0.05) is 0 Å². The number of carbonyl (C=O) groups excluding carboxylic acids is 3. The molecular weight excluding hydrogens is 328 g/mol. The van der Waals surface area contributed by atoms with E-state index in [2.05, 4.69) is 5.32 Å². The van der Waals surface area contributed by atoms with Crippen molar-refractivity contribution in [2.75, 3.05) is 32.8 Å². The van der Waals surface area contributed by atoms with Crippen molar-refractivity contribution in [1.82, 2.24) is 5.32 Å². The molecule has 1 aliphatic rings. The van der Waals surface area contributed by atoms with E-state index < -0.39 is 11.7 Å². The number of fused-ring (bicyclic) bond motifs is 1. The number of nitrogens with one attached hydrogen (secondary N) is 1. The maximum atomic E-state index is 12.4. The van der Waals surface area contributed by atoms with Gasteiger partial charge in [0, 0.05) is 25.1 Å². The molecule has 1 aromatic carbocycles. The molecular formula is C17H22N2O6. The predicted octanol–water partition coefficient (Wildman–Crippen LogP) is 1.16. The topological polar surface area (TPSA) is 94.2 Å². The van der Waals surface area contributed by atoms with Crippen LogP contribution in [0.5, 0.6) is 17.2 Å². The van der Waals surface area contributed by atoms with Crippen LogP contribution in [0, 0.1) is 0 Å². The smallest absolute Gasteiger partial charge is 0.299 e. The Hall–Kier alpha value is -2.77. The quantitative estimate of drug-likeness (QED) is 0.742. The lowest BCUT2D eigenvalue weighted by Crippen LogP contribution is -2.36. The fourth-order valence-corrected chi connectivity index (χ4v) is 2.74. The number of anilines is 1. The predicted molar refractivity (Wildman–Crippen MR) is 90.7 cm³/mol. The number of rotatable bonds is 7. The van der Waals surface area contributed by atoms with Crippen LogP contribution in [-0.2, 0) is 9.59 Å². The van der Waals surface area contributed by atoms with E-state index in [0.29, 0.717) is 11.4 Å². The van der Waals surface area contributed by atoms with Crippen LogP contribution in [0.3, 0.4) is 0 Å². The summed E-state index contributed by atoms with van der Waals surface area (Å²) in [6, 6.07) is 1.54. The first-order valence-electron chi connectivity index (χ1n) is 7.84. The highest BCUT2D eigenvalue weighted by molar-refractivity contribution is 6.53. The number of nitrogens with zero attached hydrogens (tertiary/aromatic N) is 1. The molecule has 0 spiro atoms. The molecule has 1 aliphatic heterocycles. The number of methoxy groups -OCH3 is 3. The molecule has 0 saturated heterocycles. The van der Waals surface area contributed by atoms with E-state index in [4.69, 9.17) is 14.2 Å². The first-order valence-corrected chi connectivity index (χ1v) is 7.84. The second-order valence-electron chi connectivity index (χ2n) is 5.80. The second kappa shape index (κ2) is 7.42. The van der Waals surface area contributed by atoms with Gasteiger partial charge in [0.05, 0.1) is 32.6 Å². The second-order valence-corrected chi connectivity index (χ2v) is 5.80. The standard InChI is InChI=1S/C17H22N2O6/c1-9(2)18-12(20)6-7-19-10-8-11(23-3)15(24-4)16(25-5)13(10)14(21)17(19)22/h8-9H,6-7H2,1-5H3,(H,18,20). The van der Waals surface area contributed by atoms with Crippen LogP contribution in [0.15, 0.2) is 6.07 Å². The summed E-state index contributed by atoms with van der Waals surface area (Å²) < 4.78 is 15.8. The Bertz CT molecular complexity index is 714. The van der Waals surface area contributed by atoms with Crippen molar-refractivity contribution in [2.24, 2.45) is 0 Å². The monoisotopic (exact) mass is 350 g/mol. The van der Waals surface area contributed by atoms with E-state index in [1.165, 1.54) is 26.2 Å². The molecule has 2 amide bonds. The van der Waals surface area contributed by atoms with E-state index in [9.17, 15) is 14.4 Å². The number of hydrogen-bond acceptors (Lipinski definition) is 6. The Morgan fingerprint density at radius 3 is 2.28 bits per heavy atom. The molecule has 136 valence electrons. The largest absolute Gasteiger partial charge is 0.493 e.